The lowest BCUT2D eigenvalue weighted by molar-refractivity contribution is -0.144. The largest absolute Gasteiger partial charge is 0.508 e. The van der Waals surface area contributed by atoms with Gasteiger partial charge in [0.15, 0.2) is 0 Å². The number of phenols is 2. The zero-order valence-corrected chi connectivity index (χ0v) is 49.0. The van der Waals surface area contributed by atoms with Crippen LogP contribution in [0.3, 0.4) is 0 Å². The summed E-state index contributed by atoms with van der Waals surface area (Å²) in [5, 5.41) is 101. The first kappa shape index (κ1) is 73.5. The summed E-state index contributed by atoms with van der Waals surface area (Å²) in [6, 6.07) is 2.48. The minimum Gasteiger partial charge on any atom is -0.508 e. The van der Waals surface area contributed by atoms with Crippen LogP contribution in [-0.2, 0) is 81.6 Å². The molecule has 0 aliphatic carbocycles. The van der Waals surface area contributed by atoms with E-state index in [2.05, 4.69) is 47.9 Å². The Morgan fingerprint density at radius 3 is 1.42 bits per heavy atom. The standard InChI is InChI=1S/C57H77N11O21/c1-5-28(2)46(55(86)65-41(26-69)54(85)63-40(24-45(77)78)52(83)62-38(23-33-13-17-35(73)18-14-33)51(82)66-42(27-70)57(88)89)68-53(84)39(22-31-9-7-6-8-10-31)64-56(87)47(30(4)71)67-43(74)25-59-50(81)37(19-20-44(75)76)61-48(79)29(3)60-49(80)36(58)21-32-11-15-34(72)16-12-32/h6-18,28-30,36-42,46-47,69-73H,5,19-27,58H2,1-4H3,(H,59,81)(H,60,80)(H,61,79)(H,62,83)(H,63,85)(H,64,87)(H,65,86)(H,66,82)(H,67,74)(H,68,84)(H,75,76)(H,77,78)(H,88,89)/t28-,29-,30+,36-,37-,38-,39-,40-,41-,42-,46-,47-/m0/s1. The fourth-order valence-corrected chi connectivity index (χ4v) is 8.31. The number of aromatic hydroxyl groups is 2. The normalized spacial score (nSPS) is 15.0. The fourth-order valence-electron chi connectivity index (χ4n) is 8.31. The Balaban J connectivity index is 1.78. The van der Waals surface area contributed by atoms with Crippen molar-refractivity contribution in [1.29, 1.82) is 0 Å². The van der Waals surface area contributed by atoms with Crippen molar-refractivity contribution in [3.05, 3.63) is 95.6 Å². The predicted molar refractivity (Wildman–Crippen MR) is 310 cm³/mol. The van der Waals surface area contributed by atoms with E-state index in [1.54, 1.807) is 37.3 Å². The van der Waals surface area contributed by atoms with Gasteiger partial charge >= 0.3 is 17.9 Å². The summed E-state index contributed by atoms with van der Waals surface area (Å²) in [6.07, 6.45) is -4.45. The van der Waals surface area contributed by atoms with E-state index in [4.69, 9.17) is 5.73 Å². The number of benzene rings is 3. The number of hydrogen-bond donors (Lipinski definition) is 19. The summed E-state index contributed by atoms with van der Waals surface area (Å²) in [6.45, 7) is 2.34. The van der Waals surface area contributed by atoms with Crippen LogP contribution >= 0.6 is 0 Å². The summed E-state index contributed by atoms with van der Waals surface area (Å²) < 4.78 is 0. The van der Waals surface area contributed by atoms with Crippen molar-refractivity contribution in [3.63, 3.8) is 0 Å². The number of carbonyl (C=O) groups excluding carboxylic acids is 10. The number of amides is 10. The molecule has 0 spiro atoms. The molecular weight excluding hydrogens is 1170 g/mol. The van der Waals surface area contributed by atoms with Crippen LogP contribution in [0.4, 0.5) is 0 Å². The molecule has 32 heteroatoms. The first-order valence-corrected chi connectivity index (χ1v) is 27.9. The van der Waals surface area contributed by atoms with Crippen LogP contribution in [0.15, 0.2) is 78.9 Å². The summed E-state index contributed by atoms with van der Waals surface area (Å²) in [5.41, 5.74) is 7.35. The maximum absolute atomic E-state index is 14.3. The zero-order valence-electron chi connectivity index (χ0n) is 49.0. The lowest BCUT2D eigenvalue weighted by Crippen LogP contribution is -2.62. The Morgan fingerprint density at radius 2 is 0.910 bits per heavy atom. The highest BCUT2D eigenvalue weighted by molar-refractivity contribution is 5.99. The van der Waals surface area contributed by atoms with E-state index >= 15 is 0 Å². The van der Waals surface area contributed by atoms with Crippen molar-refractivity contribution >= 4 is 77.0 Å². The van der Waals surface area contributed by atoms with E-state index in [-0.39, 0.29) is 30.8 Å². The molecule has 0 bridgehead atoms. The molecule has 0 unspecified atom stereocenters. The minimum absolute atomic E-state index is 0.0123. The lowest BCUT2D eigenvalue weighted by Gasteiger charge is -2.29. The minimum atomic E-state index is -2.04. The molecule has 0 saturated heterocycles. The average molecular weight is 1250 g/mol. The van der Waals surface area contributed by atoms with E-state index in [0.717, 1.165) is 6.92 Å². The van der Waals surface area contributed by atoms with Crippen molar-refractivity contribution in [1.82, 2.24) is 53.2 Å². The average Bonchev–Trinajstić information content (AvgIpc) is 3.70. The topological polar surface area (TPSA) is 530 Å². The quantitative estimate of drug-likeness (QED) is 0.0257. The van der Waals surface area contributed by atoms with Gasteiger partial charge in [-0.15, -0.1) is 0 Å². The number of carboxylic acid groups (broad SMARTS) is 3. The van der Waals surface area contributed by atoms with Gasteiger partial charge in [0.05, 0.1) is 38.3 Å². The smallest absolute Gasteiger partial charge is 0.328 e. The number of carboxylic acids is 3. The Kier molecular flexibility index (Phi) is 30.0. The second kappa shape index (κ2) is 36.4. The Morgan fingerprint density at radius 1 is 0.461 bits per heavy atom. The third-order valence-corrected chi connectivity index (χ3v) is 13.6. The Labute approximate surface area is 509 Å². The summed E-state index contributed by atoms with van der Waals surface area (Å²) in [5.74, 6) is -16.6. The molecule has 0 heterocycles. The van der Waals surface area contributed by atoms with Gasteiger partial charge in [0.2, 0.25) is 59.1 Å². The Bertz CT molecular complexity index is 2950. The van der Waals surface area contributed by atoms with Gasteiger partial charge in [-0.3, -0.25) is 57.5 Å². The van der Waals surface area contributed by atoms with E-state index in [1.807, 2.05) is 5.32 Å². The van der Waals surface area contributed by atoms with Gasteiger partial charge in [-0.2, -0.15) is 0 Å². The number of phenolic OH excluding ortho intramolecular Hbond substituents is 2. The van der Waals surface area contributed by atoms with Crippen LogP contribution in [0, 0.1) is 5.92 Å². The molecule has 3 aromatic carbocycles. The molecule has 32 nitrogen and oxygen atoms in total. The van der Waals surface area contributed by atoms with Gasteiger partial charge in [0.25, 0.3) is 0 Å². The molecular formula is C57H77N11O21. The first-order valence-electron chi connectivity index (χ1n) is 27.9. The van der Waals surface area contributed by atoms with Crippen LogP contribution in [0.2, 0.25) is 0 Å². The summed E-state index contributed by atoms with van der Waals surface area (Å²) >= 11 is 0. The maximum Gasteiger partial charge on any atom is 0.328 e. The number of aliphatic carboxylic acids is 3. The number of carbonyl (C=O) groups is 13. The van der Waals surface area contributed by atoms with Crippen molar-refractivity contribution < 1.29 is 103 Å². The monoisotopic (exact) mass is 1250 g/mol. The molecule has 0 fully saturated rings. The van der Waals surface area contributed by atoms with Gasteiger partial charge in [0, 0.05) is 19.3 Å². The van der Waals surface area contributed by atoms with Crippen LogP contribution in [0.1, 0.15) is 70.1 Å². The number of aliphatic hydroxyl groups is 3. The second-order valence-corrected chi connectivity index (χ2v) is 20.7. The molecule has 10 amide bonds. The van der Waals surface area contributed by atoms with Crippen LogP contribution < -0.4 is 58.9 Å². The first-order chi connectivity index (χ1) is 42.0. The molecule has 486 valence electrons. The molecule has 3 rings (SSSR count). The zero-order chi connectivity index (χ0) is 66.7. The number of aliphatic hydroxyl groups excluding tert-OH is 3. The number of rotatable bonds is 37. The number of hydrogen-bond acceptors (Lipinski definition) is 19. The summed E-state index contributed by atoms with van der Waals surface area (Å²) in [7, 11) is 0. The molecule has 0 radical (unpaired) electrons. The lowest BCUT2D eigenvalue weighted by atomic mass is 9.96. The fraction of sp³-hybridized carbons (Fsp3) is 0.456. The highest BCUT2D eigenvalue weighted by atomic mass is 16.4. The van der Waals surface area contributed by atoms with Gasteiger partial charge in [0.1, 0.15) is 65.9 Å². The van der Waals surface area contributed by atoms with Gasteiger partial charge in [-0.05, 0) is 73.6 Å². The van der Waals surface area contributed by atoms with E-state index in [0.29, 0.717) is 16.7 Å². The van der Waals surface area contributed by atoms with Gasteiger partial charge in [-0.1, -0.05) is 74.9 Å². The second-order valence-electron chi connectivity index (χ2n) is 20.7. The van der Waals surface area contributed by atoms with E-state index in [9.17, 15) is 103 Å². The van der Waals surface area contributed by atoms with E-state index < -0.39 is 195 Å². The Hall–Kier alpha value is -9.79. The van der Waals surface area contributed by atoms with E-state index in [1.165, 1.54) is 62.4 Å². The molecule has 0 aliphatic rings. The molecule has 0 saturated carbocycles. The predicted octanol–water partition coefficient (Wildman–Crippen LogP) is -5.21. The van der Waals surface area contributed by atoms with Gasteiger partial charge in [-0.25, -0.2) is 4.79 Å². The van der Waals surface area contributed by atoms with Crippen LogP contribution in [0.25, 0.3) is 0 Å². The van der Waals surface area contributed by atoms with Crippen molar-refractivity contribution in [2.75, 3.05) is 19.8 Å². The molecule has 12 atom stereocenters. The highest BCUT2D eigenvalue weighted by Crippen LogP contribution is 2.15. The highest BCUT2D eigenvalue weighted by Gasteiger charge is 2.37. The summed E-state index contributed by atoms with van der Waals surface area (Å²) in [4.78, 5) is 171. The van der Waals surface area contributed by atoms with Crippen LogP contribution in [-0.4, -0.2) is 204 Å². The maximum atomic E-state index is 14.3. The number of nitrogens with one attached hydrogen (secondary N) is 10. The van der Waals surface area contributed by atoms with Crippen molar-refractivity contribution in [2.24, 2.45) is 11.7 Å². The molecule has 20 N–H and O–H groups in total. The van der Waals surface area contributed by atoms with Crippen LogP contribution in [0.5, 0.6) is 11.5 Å². The molecule has 0 aliphatic heterocycles. The number of nitrogens with two attached hydrogens (primary N) is 1. The molecule has 0 aromatic heterocycles. The third-order valence-electron chi connectivity index (χ3n) is 13.6. The molecule has 89 heavy (non-hydrogen) atoms. The SMILES string of the molecule is CC[C@H](C)[C@H](NC(=O)[C@H](Cc1ccccc1)NC(=O)[C@@H](NC(=O)CNC(=O)[C@H](CCC(=O)O)NC(=O)[C@H](C)NC(=O)[C@@H](N)Cc1ccc(O)cc1)[C@@H](C)O)C(=O)N[C@@H](CO)C(=O)N[C@@H](CC(=O)O)C(=O)N[C@@H](Cc1ccc(O)cc1)C(=O)N[C@@H](CO)C(=O)O. The molecule has 3 aromatic rings. The third kappa shape index (κ3) is 25.2. The van der Waals surface area contributed by atoms with Crippen molar-refractivity contribution in [3.8, 4) is 11.5 Å². The van der Waals surface area contributed by atoms with Crippen molar-refractivity contribution in [2.45, 2.75) is 139 Å². The van der Waals surface area contributed by atoms with Gasteiger partial charge < -0.3 is 99.8 Å².